The van der Waals surface area contributed by atoms with Crippen molar-refractivity contribution in [3.05, 3.63) is 411 Å². The van der Waals surface area contributed by atoms with Crippen molar-refractivity contribution in [3.63, 3.8) is 0 Å². The van der Waals surface area contributed by atoms with Crippen molar-refractivity contribution >= 4 is 136 Å². The van der Waals surface area contributed by atoms with E-state index in [9.17, 15) is 46.4 Å². The van der Waals surface area contributed by atoms with Crippen LogP contribution in [0, 0.1) is 34.9 Å². The first-order valence-corrected chi connectivity index (χ1v) is 45.4. The summed E-state index contributed by atoms with van der Waals surface area (Å²) in [4.78, 5) is 30.3. The van der Waals surface area contributed by atoms with E-state index in [0.717, 1.165) is 177 Å². The van der Waals surface area contributed by atoms with Gasteiger partial charge in [-0.15, -0.1) is 5.98 Å². The molecule has 650 valence electrons. The lowest BCUT2D eigenvalue weighted by atomic mass is 9.41. The predicted molar refractivity (Wildman–Crippen MR) is 524 cm³/mol. The van der Waals surface area contributed by atoms with Gasteiger partial charge in [-0.25, -0.2) is 46.1 Å². The van der Waals surface area contributed by atoms with Crippen LogP contribution in [0.3, 0.4) is 0 Å². The summed E-state index contributed by atoms with van der Waals surface area (Å²) in [6.45, 7) is 6.58. The monoisotopic (exact) mass is 1760 g/mol. The van der Waals surface area contributed by atoms with Crippen molar-refractivity contribution in [3.8, 4) is 23.0 Å². The Morgan fingerprint density at radius 1 is 0.420 bits per heavy atom. The molecule has 0 amide bonds. The Balaban J connectivity index is 0.000000113. The number of hydrogen-bond donors (Lipinski definition) is 3. The van der Waals surface area contributed by atoms with Crippen molar-refractivity contribution < 1.29 is 55.8 Å². The molecule has 0 unspecified atom stereocenters. The zero-order valence-corrected chi connectivity index (χ0v) is 73.2. The van der Waals surface area contributed by atoms with Crippen molar-refractivity contribution in [1.29, 1.82) is 0 Å². The molecule has 1 fully saturated rings. The van der Waals surface area contributed by atoms with Crippen molar-refractivity contribution in [2.45, 2.75) is 89.5 Å². The first-order chi connectivity index (χ1) is 63.9. The molecule has 9 heterocycles. The van der Waals surface area contributed by atoms with Gasteiger partial charge < -0.3 is 29.6 Å². The third kappa shape index (κ3) is 22.5. The number of halogens is 7. The lowest BCUT2D eigenvalue weighted by Gasteiger charge is -2.34. The first kappa shape index (κ1) is 89.9. The molecule has 3 N–H and O–H groups in total. The smallest absolute Gasteiger partial charge is 0.357 e. The van der Waals surface area contributed by atoms with Crippen LogP contribution in [0.2, 0.25) is 42.9 Å². The lowest BCUT2D eigenvalue weighted by molar-refractivity contribution is 0.0466. The van der Waals surface area contributed by atoms with Crippen LogP contribution in [0.1, 0.15) is 60.6 Å². The third-order valence-electron chi connectivity index (χ3n) is 26.0. The molecule has 0 bridgehead atoms. The maximum absolute atomic E-state index is 13.5. The van der Waals surface area contributed by atoms with E-state index in [-0.39, 0.29) is 79.0 Å². The molecule has 0 aliphatic carbocycles. The average Bonchev–Trinajstić information content (AvgIpc) is 1.73. The van der Waals surface area contributed by atoms with Gasteiger partial charge in [0.1, 0.15) is 64.2 Å². The van der Waals surface area contributed by atoms with Gasteiger partial charge >= 0.3 is 12.9 Å². The summed E-state index contributed by atoms with van der Waals surface area (Å²) in [5.74, 6) is 2.59. The molecule has 0 saturated carbocycles. The number of phenols is 2. The molecule has 2 aromatic heterocycles. The number of carbonyl (C=O) groups is 1. The van der Waals surface area contributed by atoms with E-state index in [4.69, 9.17) is 21.1 Å². The van der Waals surface area contributed by atoms with E-state index < -0.39 is 5.97 Å². The molecule has 7 aliphatic rings. The quantitative estimate of drug-likeness (QED) is 0.0513. The van der Waals surface area contributed by atoms with E-state index in [1.807, 2.05) is 103 Å². The summed E-state index contributed by atoms with van der Waals surface area (Å²) in [5.41, 5.74) is 22.7. The van der Waals surface area contributed by atoms with Crippen LogP contribution < -0.4 is 64.3 Å². The minimum atomic E-state index is -0.544. The molecule has 0 spiro atoms. The molecule has 131 heavy (non-hydrogen) atoms. The Bertz CT molecular complexity index is 6590. The second-order valence-electron chi connectivity index (χ2n) is 34.3. The molecular weight excluding hydrogens is 1670 g/mol. The Kier molecular flexibility index (Phi) is 29.0. The molecular formula is C107H94B6ClF6N5O6. The Labute approximate surface area is 767 Å². The Morgan fingerprint density at radius 2 is 0.885 bits per heavy atom. The molecule has 15 aromatic rings. The topological polar surface area (TPSA) is 141 Å². The number of phenolic OH excluding ortho intramolecular Hbond substituents is 2. The zero-order chi connectivity index (χ0) is 90.3. The highest BCUT2D eigenvalue weighted by atomic mass is 35.5. The number of aromatic nitrogens is 3. The number of piperazine rings is 1. The molecule has 13 aromatic carbocycles. The number of para-hydroxylation sites is 1. The van der Waals surface area contributed by atoms with Crippen molar-refractivity contribution in [1.82, 2.24) is 19.9 Å². The average molecular weight is 1760 g/mol. The molecule has 1 saturated heterocycles. The van der Waals surface area contributed by atoms with Gasteiger partial charge in [0.25, 0.3) is 0 Å². The van der Waals surface area contributed by atoms with Gasteiger partial charge in [0.05, 0.1) is 0 Å². The fourth-order valence-corrected chi connectivity index (χ4v) is 19.5. The normalized spacial score (nSPS) is 14.2. The molecule has 7 aliphatic heterocycles. The van der Waals surface area contributed by atoms with E-state index in [0.29, 0.717) is 42.2 Å². The minimum Gasteiger partial charge on any atom is -0.506 e. The lowest BCUT2D eigenvalue weighted by Crippen LogP contribution is -2.47. The number of anilines is 1. The molecule has 24 heteroatoms. The van der Waals surface area contributed by atoms with Crippen LogP contribution in [0.4, 0.5) is 32.3 Å². The summed E-state index contributed by atoms with van der Waals surface area (Å²) in [6, 6.07) is 90.8. The summed E-state index contributed by atoms with van der Waals surface area (Å²) in [6.07, 6.45) is 18.2. The number of benzene rings is 13. The van der Waals surface area contributed by atoms with Crippen LogP contribution in [-0.4, -0.2) is 114 Å². The second-order valence-corrected chi connectivity index (χ2v) is 34.8. The molecule has 22 rings (SSSR count). The van der Waals surface area contributed by atoms with E-state index >= 15 is 0 Å². The number of pyridine rings is 1. The van der Waals surface area contributed by atoms with E-state index in [1.54, 1.807) is 97.3 Å². The number of aryl methyl sites for hydroxylation is 6. The Morgan fingerprint density at radius 3 is 1.45 bits per heavy atom. The van der Waals surface area contributed by atoms with Gasteiger partial charge in [-0.1, -0.05) is 302 Å². The summed E-state index contributed by atoms with van der Waals surface area (Å²) < 4.78 is 90.6. The Hall–Kier alpha value is -13.1. The number of nitrogens with zero attached hydrogens (tertiary/aromatic N) is 5. The van der Waals surface area contributed by atoms with Gasteiger partial charge in [0.2, 0.25) is 39.5 Å². The number of ether oxygens (including phenoxy) is 2. The highest BCUT2D eigenvalue weighted by molar-refractivity contribution is 6.88. The molecule has 0 atom stereocenters. The number of aromatic hydroxyl groups is 2. The second kappa shape index (κ2) is 42.2. The summed E-state index contributed by atoms with van der Waals surface area (Å²) in [5, 5.41) is 30.5. The van der Waals surface area contributed by atoms with Crippen LogP contribution in [0.25, 0.3) is 17.0 Å². The number of fused-ring (bicyclic) bond motifs is 7. The minimum absolute atomic E-state index is 0.000379. The van der Waals surface area contributed by atoms with Crippen LogP contribution in [0.5, 0.6) is 23.0 Å². The first-order valence-electron chi connectivity index (χ1n) is 45.0. The highest BCUT2D eigenvalue weighted by Gasteiger charge is 2.34. The van der Waals surface area contributed by atoms with Gasteiger partial charge in [-0.3, -0.25) is 4.90 Å². The fourth-order valence-electron chi connectivity index (χ4n) is 19.3. The predicted octanol–water partition coefficient (Wildman–Crippen LogP) is 15.8. The number of hydrogen-bond acceptors (Lipinski definition) is 11. The van der Waals surface area contributed by atoms with Crippen LogP contribution in [0.15, 0.2) is 316 Å². The molecule has 0 radical (unpaired) electrons. The van der Waals surface area contributed by atoms with Gasteiger partial charge in [-0.05, 0) is 194 Å². The maximum atomic E-state index is 13.5. The highest BCUT2D eigenvalue weighted by Crippen LogP contribution is 2.34. The van der Waals surface area contributed by atoms with Crippen LogP contribution in [-0.2, 0) is 56.3 Å². The summed E-state index contributed by atoms with van der Waals surface area (Å²) >= 11 is 5.85. The van der Waals surface area contributed by atoms with E-state index in [2.05, 4.69) is 110 Å². The zero-order valence-electron chi connectivity index (χ0n) is 72.4. The molecule has 11 nitrogen and oxygen atoms in total. The van der Waals surface area contributed by atoms with Gasteiger partial charge in [0, 0.05) is 61.6 Å². The van der Waals surface area contributed by atoms with Gasteiger partial charge in [-0.2, -0.15) is 0 Å². The number of esters is 1. The largest absolute Gasteiger partial charge is 0.506 e. The number of rotatable bonds is 15. The van der Waals surface area contributed by atoms with Crippen LogP contribution >= 0.6 is 11.6 Å². The van der Waals surface area contributed by atoms with Crippen molar-refractivity contribution in [2.24, 2.45) is 0 Å². The fraction of sp³-hybridized carbons (Fsp3) is 0.178. The van der Waals surface area contributed by atoms with Crippen molar-refractivity contribution in [2.75, 3.05) is 37.6 Å². The summed E-state index contributed by atoms with van der Waals surface area (Å²) in [7, 11) is 0. The third-order valence-corrected chi connectivity index (χ3v) is 26.2. The standard InChI is InChI=1S/C25H19BFNO3.C24H26BFN4.C20H15BClFO2.C16H14BF.C14H12BF.C8H8BFO/c27-20-8-9-21-18(14-20)11-12-26(21)19-5-1-3-16(13-19)15-31-25(30)22-10-7-17-4-2-6-23(29)24(17)28-22;26-22-5-6-23-20(18-22)7-9-25(23)21-4-1-3-19(17-21)8-12-29-13-15-30(16-14-29)24-27-10-2-11-28-24;22-15-4-7-20(19(24)12-15)25-17-3-1-2-14(11-17)21-9-8-13-10-16(23)5-6-18(13)21;18-15-6-7-16-14(12-15)9-11-17(16)10-8-13-4-2-1-3-5-13;16-13-6-7-14-11(10-13)8-9-15(14)12-4-2-1-3-5-12;10-7-1-2-8-6(5-7)3-4-9(8)11/h1-10,13-14,29H,11-12,15H2;1-6,10-11,17-18H,7-9,12-16H2;1-7,10-12,24H,8-9H2;1-8,10,12H,9,11H2;1-7,10H,8-9H2;1-2,5,11H,3-4H2/b;;;10-8+;;. The van der Waals surface area contributed by atoms with Gasteiger partial charge in [0.15, 0.2) is 11.5 Å². The number of carbonyl (C=O) groups excluding carboxylic acids is 1. The maximum Gasteiger partial charge on any atom is 0.357 e. The SMILES string of the molecule is Fc1ccc2c(c1)CCB2/C=C/c1ccccc1.Fc1ccc2c(c1)CCB2c1cccc(CCN2CCN(c3ncccn3)CC2)c1.Fc1ccc2c(c1)CCB2c1ccccc1.O=C(OCc1cccc(B2CCc3cc(F)ccc32)c1)c1ccc2cccc(O)c2n1.OB1CCc2cc(F)ccc21.Oc1cc(Cl)ccc1Oc1cccc(B2CCc3cc(F)ccc32)c1. The van der Waals surface area contributed by atoms with E-state index in [1.165, 1.54) is 91.4 Å².